The van der Waals surface area contributed by atoms with Gasteiger partial charge in [0.1, 0.15) is 5.01 Å². The van der Waals surface area contributed by atoms with E-state index < -0.39 is 0 Å². The number of hydrogen-bond donors (Lipinski definition) is 1. The first-order chi connectivity index (χ1) is 7.99. The van der Waals surface area contributed by atoms with Crippen LogP contribution in [-0.2, 0) is 12.0 Å². The first-order valence-electron chi connectivity index (χ1n) is 5.76. The predicted molar refractivity (Wildman–Crippen MR) is 73.3 cm³/mol. The lowest BCUT2D eigenvalue weighted by molar-refractivity contribution is 0.487. The highest BCUT2D eigenvalue weighted by Crippen LogP contribution is 2.28. The van der Waals surface area contributed by atoms with Gasteiger partial charge >= 0.3 is 0 Å². The van der Waals surface area contributed by atoms with E-state index in [0.717, 1.165) is 17.1 Å². The van der Waals surface area contributed by atoms with Crippen molar-refractivity contribution in [3.63, 3.8) is 0 Å². The van der Waals surface area contributed by atoms with Gasteiger partial charge in [-0.25, -0.2) is 4.98 Å². The predicted octanol–water partition coefficient (Wildman–Crippen LogP) is 3.18. The Morgan fingerprint density at radius 3 is 2.41 bits per heavy atom. The lowest BCUT2D eigenvalue weighted by atomic mass is 9.95. The minimum Gasteiger partial charge on any atom is -0.319 e. The third-order valence-corrected chi connectivity index (χ3v) is 4.28. The lowest BCUT2D eigenvalue weighted by Crippen LogP contribution is -2.35. The smallest absolute Gasteiger partial charge is 0.113 e. The molecule has 0 aliphatic rings. The average Bonchev–Trinajstić information content (AvgIpc) is 2.61. The zero-order valence-electron chi connectivity index (χ0n) is 10.5. The molecule has 2 nitrogen and oxygen atoms in total. The van der Waals surface area contributed by atoms with E-state index in [-0.39, 0.29) is 5.54 Å². The van der Waals surface area contributed by atoms with Crippen molar-refractivity contribution in [2.24, 2.45) is 5.73 Å². The maximum Gasteiger partial charge on any atom is 0.113 e. The van der Waals surface area contributed by atoms with Crippen LogP contribution in [0.15, 0.2) is 30.3 Å². The van der Waals surface area contributed by atoms with Crippen molar-refractivity contribution < 1.29 is 0 Å². The summed E-state index contributed by atoms with van der Waals surface area (Å²) in [6, 6.07) is 10.3. The minimum absolute atomic E-state index is 0.384. The van der Waals surface area contributed by atoms with Crippen LogP contribution in [0.3, 0.4) is 0 Å². The highest BCUT2D eigenvalue weighted by molar-refractivity contribution is 7.11. The van der Waals surface area contributed by atoms with E-state index in [1.165, 1.54) is 10.4 Å². The van der Waals surface area contributed by atoms with Crippen molar-refractivity contribution in [3.8, 4) is 0 Å². The summed E-state index contributed by atoms with van der Waals surface area (Å²) in [4.78, 5) is 5.83. The molecule has 1 atom stereocenters. The molecule has 0 fully saturated rings. The van der Waals surface area contributed by atoms with E-state index in [4.69, 9.17) is 5.73 Å². The van der Waals surface area contributed by atoms with E-state index in [1.54, 1.807) is 11.3 Å². The number of nitrogens with zero attached hydrogens (tertiary/aromatic N) is 1. The maximum atomic E-state index is 6.40. The fraction of sp³-hybridized carbons (Fsp3) is 0.357. The van der Waals surface area contributed by atoms with Crippen LogP contribution in [0.2, 0.25) is 0 Å². The molecule has 90 valence electrons. The zero-order chi connectivity index (χ0) is 12.5. The number of nitrogens with two attached hydrogens (primary N) is 1. The number of thiazole rings is 1. The third kappa shape index (κ3) is 2.73. The lowest BCUT2D eigenvalue weighted by Gasteiger charge is -2.22. The molecular weight excluding hydrogens is 228 g/mol. The van der Waals surface area contributed by atoms with E-state index in [0.29, 0.717) is 0 Å². The summed E-state index contributed by atoms with van der Waals surface area (Å²) < 4.78 is 0. The Labute approximate surface area is 107 Å². The molecule has 0 bridgehead atoms. The number of hydrogen-bond acceptors (Lipinski definition) is 3. The molecule has 1 heterocycles. The molecule has 2 aromatic rings. The third-order valence-electron chi connectivity index (χ3n) is 2.93. The molecular formula is C14H18N2S. The highest BCUT2D eigenvalue weighted by atomic mass is 32.1. The van der Waals surface area contributed by atoms with Crippen LogP contribution in [0, 0.1) is 13.8 Å². The Hall–Kier alpha value is -1.19. The average molecular weight is 246 g/mol. The van der Waals surface area contributed by atoms with Crippen LogP contribution in [0.4, 0.5) is 0 Å². The zero-order valence-corrected chi connectivity index (χ0v) is 11.3. The molecule has 0 saturated carbocycles. The number of aryl methyl sites for hydroxylation is 2. The summed E-state index contributed by atoms with van der Waals surface area (Å²) >= 11 is 1.70. The summed E-state index contributed by atoms with van der Waals surface area (Å²) in [5, 5.41) is 1.02. The van der Waals surface area contributed by atoms with Crippen molar-refractivity contribution in [2.75, 3.05) is 0 Å². The molecule has 3 heteroatoms. The Balaban J connectivity index is 2.24. The Bertz CT molecular complexity index is 481. The van der Waals surface area contributed by atoms with Gasteiger partial charge in [0.25, 0.3) is 0 Å². The maximum absolute atomic E-state index is 6.40. The van der Waals surface area contributed by atoms with Crippen molar-refractivity contribution in [2.45, 2.75) is 32.7 Å². The van der Waals surface area contributed by atoms with Gasteiger partial charge in [0.05, 0.1) is 11.2 Å². The summed E-state index contributed by atoms with van der Waals surface area (Å²) in [5.74, 6) is 0. The molecule has 17 heavy (non-hydrogen) atoms. The van der Waals surface area contributed by atoms with Gasteiger partial charge in [-0.2, -0.15) is 0 Å². The highest BCUT2D eigenvalue weighted by Gasteiger charge is 2.25. The van der Waals surface area contributed by atoms with Gasteiger partial charge in [-0.05, 0) is 32.8 Å². The summed E-state index contributed by atoms with van der Waals surface area (Å²) in [6.07, 6.45) is 0.820. The van der Waals surface area contributed by atoms with Gasteiger partial charge in [-0.15, -0.1) is 11.3 Å². The van der Waals surface area contributed by atoms with Gasteiger partial charge in [0.15, 0.2) is 0 Å². The molecule has 0 aliphatic heterocycles. The topological polar surface area (TPSA) is 38.9 Å². The number of aromatic nitrogens is 1. The largest absolute Gasteiger partial charge is 0.319 e. The second-order valence-corrected chi connectivity index (χ2v) is 5.94. The molecule has 1 aromatic carbocycles. The normalized spacial score (nSPS) is 14.6. The van der Waals surface area contributed by atoms with Gasteiger partial charge < -0.3 is 5.73 Å². The molecule has 0 spiro atoms. The Morgan fingerprint density at radius 2 is 1.88 bits per heavy atom. The van der Waals surface area contributed by atoms with Crippen molar-refractivity contribution in [1.82, 2.24) is 4.98 Å². The number of benzene rings is 1. The molecule has 0 radical (unpaired) electrons. The molecule has 2 rings (SSSR count). The van der Waals surface area contributed by atoms with E-state index in [9.17, 15) is 0 Å². The van der Waals surface area contributed by atoms with E-state index in [1.807, 2.05) is 25.1 Å². The number of rotatable bonds is 3. The fourth-order valence-corrected chi connectivity index (χ4v) is 2.78. The molecule has 2 N–H and O–H groups in total. The summed E-state index contributed by atoms with van der Waals surface area (Å²) in [5.41, 5.74) is 8.36. The Kier molecular flexibility index (Phi) is 3.31. The van der Waals surface area contributed by atoms with E-state index >= 15 is 0 Å². The van der Waals surface area contributed by atoms with Gasteiger partial charge in [-0.3, -0.25) is 0 Å². The Morgan fingerprint density at radius 1 is 1.24 bits per heavy atom. The molecule has 0 saturated heterocycles. The van der Waals surface area contributed by atoms with Crippen molar-refractivity contribution in [3.05, 3.63) is 51.5 Å². The van der Waals surface area contributed by atoms with Crippen molar-refractivity contribution >= 4 is 11.3 Å². The molecule has 0 amide bonds. The van der Waals surface area contributed by atoms with Gasteiger partial charge in [-0.1, -0.05) is 30.3 Å². The van der Waals surface area contributed by atoms with Crippen LogP contribution in [0.1, 0.15) is 28.1 Å². The van der Waals surface area contributed by atoms with Crippen LogP contribution >= 0.6 is 11.3 Å². The summed E-state index contributed by atoms with van der Waals surface area (Å²) in [7, 11) is 0. The van der Waals surface area contributed by atoms with E-state index in [2.05, 4.69) is 31.0 Å². The van der Waals surface area contributed by atoms with Gasteiger partial charge in [0.2, 0.25) is 0 Å². The fourth-order valence-electron chi connectivity index (χ4n) is 1.81. The summed E-state index contributed by atoms with van der Waals surface area (Å²) in [6.45, 7) is 6.18. The first-order valence-corrected chi connectivity index (χ1v) is 6.58. The first kappa shape index (κ1) is 12.3. The van der Waals surface area contributed by atoms with Crippen LogP contribution < -0.4 is 5.73 Å². The standard InChI is InChI=1S/C14H18N2S/c1-10-11(2)17-13(16-10)14(3,15)9-12-7-5-4-6-8-12/h4-8H,9,15H2,1-3H3. The SMILES string of the molecule is Cc1nc(C(C)(N)Cc2ccccc2)sc1C. The van der Waals surface area contributed by atoms with Gasteiger partial charge in [0, 0.05) is 4.88 Å². The van der Waals surface area contributed by atoms with Crippen LogP contribution in [0.5, 0.6) is 0 Å². The van der Waals surface area contributed by atoms with Crippen molar-refractivity contribution in [1.29, 1.82) is 0 Å². The second-order valence-electron chi connectivity index (χ2n) is 4.74. The van der Waals surface area contributed by atoms with Crippen LogP contribution in [-0.4, -0.2) is 4.98 Å². The quantitative estimate of drug-likeness (QED) is 0.903. The minimum atomic E-state index is -0.384. The second kappa shape index (κ2) is 4.59. The molecule has 1 aromatic heterocycles. The molecule has 1 unspecified atom stereocenters. The molecule has 0 aliphatic carbocycles. The monoisotopic (exact) mass is 246 g/mol. The van der Waals surface area contributed by atoms with Crippen LogP contribution in [0.25, 0.3) is 0 Å².